The fourth-order valence-electron chi connectivity index (χ4n) is 10.4. The monoisotopic (exact) mass is 911 g/mol. The largest absolute Gasteiger partial charge is 0.508 e. The van der Waals surface area contributed by atoms with Gasteiger partial charge in [0.25, 0.3) is 0 Å². The maximum absolute atomic E-state index is 16.3. The van der Waals surface area contributed by atoms with E-state index in [1.165, 1.54) is 36.4 Å². The third kappa shape index (κ3) is 12.8. The molecule has 2 aliphatic heterocycles. The van der Waals surface area contributed by atoms with E-state index >= 15 is 13.6 Å². The molecule has 0 amide bonds. The highest BCUT2D eigenvalue weighted by atomic mass is 19.1. The molecule has 4 aromatic rings. The summed E-state index contributed by atoms with van der Waals surface area (Å²) in [4.78, 5) is 50.5. The van der Waals surface area contributed by atoms with Crippen molar-refractivity contribution in [3.63, 3.8) is 0 Å². The molecule has 356 valence electrons. The molecule has 6 atom stereocenters. The normalized spacial score (nSPS) is 21.5. The van der Waals surface area contributed by atoms with Crippen molar-refractivity contribution in [1.82, 2.24) is 20.4 Å². The number of aromatic hydroxyl groups is 2. The number of aliphatic hydroxyl groups is 2. The number of likely N-dealkylation sites (tertiary alicyclic amines) is 2. The second kappa shape index (κ2) is 24.8. The summed E-state index contributed by atoms with van der Waals surface area (Å²) < 4.78 is 31.5. The van der Waals surface area contributed by atoms with Gasteiger partial charge in [-0.25, -0.2) is 8.78 Å². The molecule has 0 radical (unpaired) electrons. The molecule has 0 spiro atoms. The first-order valence-corrected chi connectivity index (χ1v) is 23.7. The van der Waals surface area contributed by atoms with E-state index in [4.69, 9.17) is 0 Å². The van der Waals surface area contributed by atoms with Crippen molar-refractivity contribution in [2.45, 2.75) is 64.2 Å². The van der Waals surface area contributed by atoms with Gasteiger partial charge in [-0.1, -0.05) is 48.5 Å². The Balaban J connectivity index is 1.46. The van der Waals surface area contributed by atoms with Crippen LogP contribution < -0.4 is 10.6 Å². The third-order valence-corrected chi connectivity index (χ3v) is 13.7. The third-order valence-electron chi connectivity index (χ3n) is 13.7. The number of hydrogen-bond acceptors (Lipinski definition) is 11. The fourth-order valence-corrected chi connectivity index (χ4v) is 10.4. The first-order chi connectivity index (χ1) is 31.9. The fraction of sp³-hybridized carbons (Fsp3) is 0.491. The number of carbonyl (C=O) groups excluding carboxylic acids is 3. The van der Waals surface area contributed by atoms with Gasteiger partial charge in [0.1, 0.15) is 28.9 Å². The van der Waals surface area contributed by atoms with Crippen LogP contribution in [0.2, 0.25) is 0 Å². The van der Waals surface area contributed by atoms with Crippen molar-refractivity contribution < 1.29 is 43.6 Å². The SMILES string of the molecule is Cc1c(F)cccc1C1C(C(=O)c2cccc(O)c2)CN(CCCCNCCCO)CC1C(=O)[C@@H]1CN(CCCCNCCCO)C[C@H](C(=O)c2cccc(O)c2)[C@@H]1c1cccc(F)c1C. The van der Waals surface area contributed by atoms with E-state index in [2.05, 4.69) is 20.4 Å². The minimum atomic E-state index is -0.859. The van der Waals surface area contributed by atoms with Crippen molar-refractivity contribution in [1.29, 1.82) is 0 Å². The van der Waals surface area contributed by atoms with Gasteiger partial charge in [-0.15, -0.1) is 0 Å². The Morgan fingerprint density at radius 1 is 0.545 bits per heavy atom. The average Bonchev–Trinajstić information content (AvgIpc) is 3.31. The summed E-state index contributed by atoms with van der Waals surface area (Å²) in [7, 11) is 0. The molecule has 66 heavy (non-hydrogen) atoms. The van der Waals surface area contributed by atoms with Gasteiger partial charge >= 0.3 is 0 Å². The van der Waals surface area contributed by atoms with Gasteiger partial charge in [0.15, 0.2) is 11.6 Å². The van der Waals surface area contributed by atoms with Gasteiger partial charge in [-0.05, 0) is 150 Å². The number of ketones is 3. The smallest absolute Gasteiger partial charge is 0.167 e. The molecule has 13 heteroatoms. The predicted octanol–water partition coefficient (Wildman–Crippen LogP) is 6.80. The first kappa shape index (κ1) is 50.5. The van der Waals surface area contributed by atoms with E-state index in [-0.39, 0.29) is 79.4 Å². The molecular formula is C53H68F2N4O7. The molecule has 0 bridgehead atoms. The molecule has 2 fully saturated rings. The highest BCUT2D eigenvalue weighted by Gasteiger charge is 2.51. The van der Waals surface area contributed by atoms with Crippen molar-refractivity contribution >= 4 is 17.3 Å². The summed E-state index contributed by atoms with van der Waals surface area (Å²) in [6.45, 7) is 8.59. The summed E-state index contributed by atoms with van der Waals surface area (Å²) in [5.74, 6) is -6.75. The Bertz CT molecular complexity index is 2090. The number of halogens is 2. The van der Waals surface area contributed by atoms with Crippen LogP contribution in [0.15, 0.2) is 84.9 Å². The van der Waals surface area contributed by atoms with Gasteiger partial charge in [0.05, 0.1) is 0 Å². The quantitative estimate of drug-likeness (QED) is 0.0324. The molecule has 6 N–H and O–H groups in total. The zero-order valence-corrected chi connectivity index (χ0v) is 38.4. The number of carbonyl (C=O) groups is 3. The maximum atomic E-state index is 16.3. The van der Waals surface area contributed by atoms with Gasteiger partial charge in [0.2, 0.25) is 0 Å². The number of phenolic OH excluding ortho intramolecular Hbond substituents is 2. The lowest BCUT2D eigenvalue weighted by Gasteiger charge is -2.48. The van der Waals surface area contributed by atoms with E-state index in [9.17, 15) is 30.0 Å². The lowest BCUT2D eigenvalue weighted by atomic mass is 9.62. The van der Waals surface area contributed by atoms with E-state index < -0.39 is 47.1 Å². The minimum absolute atomic E-state index is 0.0766. The van der Waals surface area contributed by atoms with Gasteiger partial charge in [-0.2, -0.15) is 0 Å². The van der Waals surface area contributed by atoms with E-state index in [0.717, 1.165) is 38.8 Å². The second-order valence-electron chi connectivity index (χ2n) is 18.2. The van der Waals surface area contributed by atoms with Crippen LogP contribution in [0.25, 0.3) is 0 Å². The van der Waals surface area contributed by atoms with Crippen molar-refractivity contribution in [3.8, 4) is 11.5 Å². The molecule has 2 saturated heterocycles. The number of nitrogens with zero attached hydrogens (tertiary/aromatic N) is 2. The Kier molecular flexibility index (Phi) is 18.9. The lowest BCUT2D eigenvalue weighted by Crippen LogP contribution is -2.56. The van der Waals surface area contributed by atoms with Crippen LogP contribution in [0.5, 0.6) is 11.5 Å². The number of piperidine rings is 2. The number of Topliss-reactive ketones (excluding diaryl/α,β-unsaturated/α-hetero) is 3. The first-order valence-electron chi connectivity index (χ1n) is 23.7. The highest BCUT2D eigenvalue weighted by molar-refractivity contribution is 6.01. The van der Waals surface area contributed by atoms with Crippen LogP contribution in [0, 0.1) is 49.2 Å². The lowest BCUT2D eigenvalue weighted by molar-refractivity contribution is -0.133. The van der Waals surface area contributed by atoms with E-state index in [1.54, 1.807) is 62.4 Å². The second-order valence-corrected chi connectivity index (χ2v) is 18.2. The van der Waals surface area contributed by atoms with Crippen LogP contribution >= 0.6 is 0 Å². The highest BCUT2D eigenvalue weighted by Crippen LogP contribution is 2.48. The van der Waals surface area contributed by atoms with Crippen LogP contribution in [-0.4, -0.2) is 126 Å². The number of nitrogens with one attached hydrogen (secondary N) is 2. The summed E-state index contributed by atoms with van der Waals surface area (Å²) in [5.41, 5.74) is 2.32. The summed E-state index contributed by atoms with van der Waals surface area (Å²) in [6, 6.07) is 21.9. The maximum Gasteiger partial charge on any atom is 0.167 e. The number of phenols is 2. The molecule has 2 heterocycles. The minimum Gasteiger partial charge on any atom is -0.508 e. The molecule has 6 rings (SSSR count). The Labute approximate surface area is 388 Å². The van der Waals surface area contributed by atoms with Crippen molar-refractivity contribution in [2.24, 2.45) is 23.7 Å². The molecule has 11 nitrogen and oxygen atoms in total. The number of benzene rings is 4. The predicted molar refractivity (Wildman–Crippen MR) is 252 cm³/mol. The zero-order chi connectivity index (χ0) is 47.2. The molecule has 3 unspecified atom stereocenters. The van der Waals surface area contributed by atoms with Crippen LogP contribution in [0.1, 0.15) is 93.3 Å². The van der Waals surface area contributed by atoms with Crippen LogP contribution in [-0.2, 0) is 4.79 Å². The van der Waals surface area contributed by atoms with Crippen molar-refractivity contribution in [2.75, 3.05) is 78.7 Å². The number of hydrogen-bond donors (Lipinski definition) is 6. The van der Waals surface area contributed by atoms with Gasteiger partial charge in [0, 0.05) is 86.0 Å². The Morgan fingerprint density at radius 3 is 1.32 bits per heavy atom. The molecule has 4 aromatic carbocycles. The van der Waals surface area contributed by atoms with Gasteiger partial charge in [-0.3, -0.25) is 14.4 Å². The number of rotatable bonds is 24. The van der Waals surface area contributed by atoms with E-state index in [0.29, 0.717) is 61.3 Å². The Hall–Kier alpha value is -4.89. The van der Waals surface area contributed by atoms with Gasteiger partial charge < -0.3 is 40.9 Å². The molecule has 0 aromatic heterocycles. The van der Waals surface area contributed by atoms with Crippen molar-refractivity contribution in [3.05, 3.63) is 130 Å². The summed E-state index contributed by atoms with van der Waals surface area (Å²) >= 11 is 0. The number of aliphatic hydroxyl groups excluding tert-OH is 2. The zero-order valence-electron chi connectivity index (χ0n) is 38.4. The van der Waals surface area contributed by atoms with Crippen LogP contribution in [0.4, 0.5) is 8.78 Å². The average molecular weight is 911 g/mol. The molecular weight excluding hydrogens is 843 g/mol. The standard InChI is InChI=1S/C53H68F2N4O7/c1-35-41(17-9-19-47(35)54)49-43(51(64)37-13-7-15-39(62)29-37)31-58(25-5-3-21-56-23-11-27-60)33-45(49)53(66)46-34-59(26-6-4-22-57-24-12-28-61)32-44(52(65)38-14-8-16-40(63)30-38)50(46)42-18-10-20-48(55)36(42)2/h7-10,13-20,29-30,43-46,49-50,56-57,60-63H,3-6,11-12,21-28,31-34H2,1-2H3/t43-,44?,45+,46?,49-,50?/m0/s1. The molecule has 0 saturated carbocycles. The van der Waals surface area contributed by atoms with E-state index in [1.807, 2.05) is 0 Å². The summed E-state index contributed by atoms with van der Waals surface area (Å²) in [6.07, 6.45) is 4.42. The topological polar surface area (TPSA) is 163 Å². The Morgan fingerprint density at radius 2 is 0.924 bits per heavy atom. The molecule has 0 aliphatic carbocycles. The number of unbranched alkanes of at least 4 members (excludes halogenated alkanes) is 2. The summed E-state index contributed by atoms with van der Waals surface area (Å²) in [5, 5.41) is 46.2. The van der Waals surface area contributed by atoms with Crippen LogP contribution in [0.3, 0.4) is 0 Å². The molecule has 2 aliphatic rings.